The Morgan fingerprint density at radius 2 is 2.22 bits per heavy atom. The van der Waals surface area contributed by atoms with E-state index in [2.05, 4.69) is 10.1 Å². The van der Waals surface area contributed by atoms with Crippen molar-refractivity contribution in [2.75, 3.05) is 18.1 Å². The monoisotopic (exact) mass is 288 g/mol. The second-order valence-corrected chi connectivity index (χ2v) is 4.67. The van der Waals surface area contributed by atoms with Crippen LogP contribution in [0.1, 0.15) is 6.92 Å². The van der Waals surface area contributed by atoms with E-state index in [0.29, 0.717) is 10.7 Å². The van der Waals surface area contributed by atoms with Crippen LogP contribution >= 0.6 is 23.4 Å². The van der Waals surface area contributed by atoms with Gasteiger partial charge in [-0.2, -0.15) is 0 Å². The lowest BCUT2D eigenvalue weighted by Gasteiger charge is -2.05. The van der Waals surface area contributed by atoms with Crippen molar-refractivity contribution in [1.29, 1.82) is 0 Å². The molecular weight excluding hydrogens is 276 g/mol. The molecule has 0 fully saturated rings. The Bertz CT molecular complexity index is 454. The molecule has 0 atom stereocenters. The van der Waals surface area contributed by atoms with Crippen LogP contribution in [0.2, 0.25) is 5.02 Å². The van der Waals surface area contributed by atoms with Gasteiger partial charge >= 0.3 is 6.09 Å². The van der Waals surface area contributed by atoms with Crippen molar-refractivity contribution in [1.82, 2.24) is 5.32 Å². The zero-order valence-corrected chi connectivity index (χ0v) is 11.3. The summed E-state index contributed by atoms with van der Waals surface area (Å²) in [5.41, 5.74) is 6.10. The van der Waals surface area contributed by atoms with Crippen LogP contribution in [0, 0.1) is 0 Å². The van der Waals surface area contributed by atoms with E-state index < -0.39 is 12.0 Å². The van der Waals surface area contributed by atoms with Crippen molar-refractivity contribution >= 4 is 41.1 Å². The molecular formula is C11H13ClN2O3S. The zero-order valence-electron chi connectivity index (χ0n) is 9.73. The third kappa shape index (κ3) is 4.85. The van der Waals surface area contributed by atoms with Gasteiger partial charge in [0.1, 0.15) is 0 Å². The molecule has 0 aliphatic heterocycles. The third-order valence-electron chi connectivity index (χ3n) is 1.83. The molecule has 0 saturated heterocycles. The van der Waals surface area contributed by atoms with Crippen LogP contribution in [0.4, 0.5) is 10.5 Å². The maximum absolute atomic E-state index is 11.4. The molecule has 3 N–H and O–H groups in total. The number of carbonyl (C=O) groups excluding carboxylic acids is 2. The predicted octanol–water partition coefficient (Wildman–Crippen LogP) is 2.29. The van der Waals surface area contributed by atoms with Gasteiger partial charge in [-0.3, -0.25) is 10.1 Å². The van der Waals surface area contributed by atoms with Crippen molar-refractivity contribution in [2.24, 2.45) is 0 Å². The number of halogens is 1. The number of nitrogens with one attached hydrogen (secondary N) is 1. The van der Waals surface area contributed by atoms with Crippen LogP contribution < -0.4 is 11.1 Å². The average Bonchev–Trinajstić information content (AvgIpc) is 2.28. The number of ether oxygens (including phenoxy) is 1. The summed E-state index contributed by atoms with van der Waals surface area (Å²) in [6.07, 6.45) is -0.744. The summed E-state index contributed by atoms with van der Waals surface area (Å²) < 4.78 is 4.58. The highest BCUT2D eigenvalue weighted by Gasteiger charge is 2.10. The van der Waals surface area contributed by atoms with E-state index in [-0.39, 0.29) is 12.4 Å². The van der Waals surface area contributed by atoms with Gasteiger partial charge in [-0.25, -0.2) is 4.79 Å². The van der Waals surface area contributed by atoms with Crippen LogP contribution in [0.5, 0.6) is 0 Å². The Morgan fingerprint density at radius 1 is 1.50 bits per heavy atom. The predicted molar refractivity (Wildman–Crippen MR) is 71.8 cm³/mol. The molecule has 98 valence electrons. The number of rotatable bonds is 4. The fraction of sp³-hybridized carbons (Fsp3) is 0.273. The fourth-order valence-corrected chi connectivity index (χ4v) is 2.17. The summed E-state index contributed by atoms with van der Waals surface area (Å²) >= 11 is 7.16. The number of thioether (sulfide) groups is 1. The van der Waals surface area contributed by atoms with E-state index in [9.17, 15) is 9.59 Å². The number of benzene rings is 1. The van der Waals surface area contributed by atoms with Gasteiger partial charge in [0.2, 0.25) is 5.91 Å². The Labute approximate surface area is 114 Å². The topological polar surface area (TPSA) is 81.4 Å². The van der Waals surface area contributed by atoms with E-state index in [1.807, 2.05) is 0 Å². The normalized spacial score (nSPS) is 9.89. The summed E-state index contributed by atoms with van der Waals surface area (Å²) in [6.45, 7) is 1.88. The molecule has 0 aromatic heterocycles. The smallest absolute Gasteiger partial charge is 0.413 e. The molecule has 0 aliphatic rings. The van der Waals surface area contributed by atoms with Crippen molar-refractivity contribution in [3.05, 3.63) is 23.2 Å². The lowest BCUT2D eigenvalue weighted by atomic mass is 10.3. The molecule has 0 unspecified atom stereocenters. The largest absolute Gasteiger partial charge is 0.450 e. The second-order valence-electron chi connectivity index (χ2n) is 3.25. The lowest BCUT2D eigenvalue weighted by molar-refractivity contribution is -0.117. The molecule has 0 saturated carbocycles. The zero-order chi connectivity index (χ0) is 13.5. The molecule has 5 nitrogen and oxygen atoms in total. The van der Waals surface area contributed by atoms with Crippen molar-refractivity contribution in [3.63, 3.8) is 0 Å². The van der Waals surface area contributed by atoms with Gasteiger partial charge in [0, 0.05) is 10.6 Å². The van der Waals surface area contributed by atoms with Crippen LogP contribution in [-0.4, -0.2) is 24.4 Å². The van der Waals surface area contributed by atoms with Crippen molar-refractivity contribution in [3.8, 4) is 0 Å². The summed E-state index contributed by atoms with van der Waals surface area (Å²) in [4.78, 5) is 23.1. The quantitative estimate of drug-likeness (QED) is 0.656. The molecule has 0 heterocycles. The number of hydrogen-bond donors (Lipinski definition) is 2. The number of carbonyl (C=O) groups is 2. The first kappa shape index (κ1) is 14.7. The van der Waals surface area contributed by atoms with Gasteiger partial charge in [-0.15, -0.1) is 11.8 Å². The molecule has 1 aromatic carbocycles. The summed E-state index contributed by atoms with van der Waals surface area (Å²) in [5.74, 6) is -0.367. The van der Waals surface area contributed by atoms with Crippen LogP contribution in [0.25, 0.3) is 0 Å². The molecule has 0 aliphatic carbocycles. The maximum atomic E-state index is 11.4. The van der Waals surface area contributed by atoms with Crippen molar-refractivity contribution in [2.45, 2.75) is 11.8 Å². The van der Waals surface area contributed by atoms with E-state index in [1.54, 1.807) is 25.1 Å². The molecule has 0 bridgehead atoms. The molecule has 1 aromatic rings. The van der Waals surface area contributed by atoms with E-state index in [4.69, 9.17) is 17.3 Å². The highest BCUT2D eigenvalue weighted by atomic mass is 35.5. The number of anilines is 1. The number of nitrogens with two attached hydrogens (primary N) is 1. The third-order valence-corrected chi connectivity index (χ3v) is 3.33. The van der Waals surface area contributed by atoms with Crippen LogP contribution in [-0.2, 0) is 9.53 Å². The minimum Gasteiger partial charge on any atom is -0.450 e. The SMILES string of the molecule is CCOC(=O)NC(=O)CSc1ccc(N)cc1Cl. The molecule has 1 rings (SSSR count). The van der Waals surface area contributed by atoms with Crippen LogP contribution in [0.3, 0.4) is 0 Å². The van der Waals surface area contributed by atoms with Gasteiger partial charge in [-0.1, -0.05) is 11.6 Å². The first-order chi connectivity index (χ1) is 8.52. The Morgan fingerprint density at radius 3 is 2.83 bits per heavy atom. The summed E-state index contributed by atoms with van der Waals surface area (Å²) in [7, 11) is 0. The fourth-order valence-electron chi connectivity index (χ4n) is 1.09. The van der Waals surface area contributed by atoms with Gasteiger partial charge in [0.25, 0.3) is 0 Å². The van der Waals surface area contributed by atoms with Crippen molar-refractivity contribution < 1.29 is 14.3 Å². The van der Waals surface area contributed by atoms with E-state index in [1.165, 1.54) is 11.8 Å². The molecule has 0 spiro atoms. The highest BCUT2D eigenvalue weighted by Crippen LogP contribution is 2.28. The first-order valence-corrected chi connectivity index (χ1v) is 6.53. The Hall–Kier alpha value is -1.40. The maximum Gasteiger partial charge on any atom is 0.413 e. The average molecular weight is 289 g/mol. The first-order valence-electron chi connectivity index (χ1n) is 5.17. The molecule has 7 heteroatoms. The summed E-state index contributed by atoms with van der Waals surface area (Å²) in [5, 5.41) is 2.57. The Kier molecular flexibility index (Phi) is 5.80. The van der Waals surface area contributed by atoms with Gasteiger partial charge < -0.3 is 10.5 Å². The number of imide groups is 1. The number of hydrogen-bond acceptors (Lipinski definition) is 5. The number of alkyl carbamates (subject to hydrolysis) is 1. The molecule has 18 heavy (non-hydrogen) atoms. The minimum atomic E-state index is -0.744. The number of nitrogen functional groups attached to an aromatic ring is 1. The summed E-state index contributed by atoms with van der Waals surface area (Å²) in [6, 6.07) is 5.02. The highest BCUT2D eigenvalue weighted by molar-refractivity contribution is 8.00. The lowest BCUT2D eigenvalue weighted by Crippen LogP contribution is -2.32. The standard InChI is InChI=1S/C11H13ClN2O3S/c1-2-17-11(16)14-10(15)6-18-9-4-3-7(13)5-8(9)12/h3-5H,2,6,13H2,1H3,(H,14,15,16). The van der Waals surface area contributed by atoms with Gasteiger partial charge in [0.15, 0.2) is 0 Å². The molecule has 2 amide bonds. The van der Waals surface area contributed by atoms with E-state index in [0.717, 1.165) is 4.90 Å². The second kappa shape index (κ2) is 7.13. The van der Waals surface area contributed by atoms with E-state index >= 15 is 0 Å². The number of amides is 2. The van der Waals surface area contributed by atoms with Gasteiger partial charge in [0.05, 0.1) is 17.4 Å². The Balaban J connectivity index is 2.45. The minimum absolute atomic E-state index is 0.0719. The molecule has 0 radical (unpaired) electrons. The van der Waals surface area contributed by atoms with Crippen LogP contribution in [0.15, 0.2) is 23.1 Å². The van der Waals surface area contributed by atoms with Gasteiger partial charge in [-0.05, 0) is 25.1 Å².